The second kappa shape index (κ2) is 9.20. The van der Waals surface area contributed by atoms with E-state index in [1.54, 1.807) is 0 Å². The van der Waals surface area contributed by atoms with Crippen molar-refractivity contribution < 1.29 is 24.1 Å². The van der Waals surface area contributed by atoms with Crippen LogP contribution in [-0.4, -0.2) is 43.8 Å². The SMILES string of the molecule is C=CC(=O)OCCOc1c(SC)cc(OCCO)c2ccccc12. The molecule has 0 aromatic heterocycles. The first-order valence-electron chi connectivity index (χ1n) is 7.46. The lowest BCUT2D eigenvalue weighted by molar-refractivity contribution is -0.138. The minimum atomic E-state index is -0.471. The highest BCUT2D eigenvalue weighted by Gasteiger charge is 2.14. The molecule has 0 bridgehead atoms. The molecule has 0 radical (unpaired) electrons. The number of aliphatic hydroxyl groups excluding tert-OH is 1. The molecule has 24 heavy (non-hydrogen) atoms. The lowest BCUT2D eigenvalue weighted by atomic mass is 10.1. The van der Waals surface area contributed by atoms with Gasteiger partial charge in [0.1, 0.15) is 31.3 Å². The Kier molecular flexibility index (Phi) is 6.96. The maximum Gasteiger partial charge on any atom is 0.330 e. The third-order valence-electron chi connectivity index (χ3n) is 3.23. The number of carbonyl (C=O) groups is 1. The molecule has 0 heterocycles. The second-order valence-corrected chi connectivity index (χ2v) is 5.59. The molecule has 128 valence electrons. The summed E-state index contributed by atoms with van der Waals surface area (Å²) >= 11 is 1.54. The van der Waals surface area contributed by atoms with Crippen molar-refractivity contribution in [3.05, 3.63) is 43.0 Å². The summed E-state index contributed by atoms with van der Waals surface area (Å²) in [6, 6.07) is 9.63. The normalized spacial score (nSPS) is 10.4. The summed E-state index contributed by atoms with van der Waals surface area (Å²) in [6.45, 7) is 3.93. The van der Waals surface area contributed by atoms with Crippen molar-refractivity contribution in [2.75, 3.05) is 32.7 Å². The van der Waals surface area contributed by atoms with Crippen LogP contribution in [-0.2, 0) is 9.53 Å². The van der Waals surface area contributed by atoms with Crippen LogP contribution < -0.4 is 9.47 Å². The van der Waals surface area contributed by atoms with Crippen LogP contribution in [0.1, 0.15) is 0 Å². The minimum absolute atomic E-state index is 0.0458. The van der Waals surface area contributed by atoms with Crippen molar-refractivity contribution in [2.45, 2.75) is 4.90 Å². The average molecular weight is 348 g/mol. The Labute approximate surface area is 145 Å². The third-order valence-corrected chi connectivity index (χ3v) is 3.98. The molecule has 1 N–H and O–H groups in total. The first-order valence-corrected chi connectivity index (χ1v) is 8.69. The van der Waals surface area contributed by atoms with Crippen molar-refractivity contribution in [3.8, 4) is 11.5 Å². The van der Waals surface area contributed by atoms with Crippen molar-refractivity contribution in [2.24, 2.45) is 0 Å². The lowest BCUT2D eigenvalue weighted by Crippen LogP contribution is -2.11. The summed E-state index contributed by atoms with van der Waals surface area (Å²) in [7, 11) is 0. The van der Waals surface area contributed by atoms with Crippen molar-refractivity contribution >= 4 is 28.5 Å². The standard InChI is InChI=1S/C18H20O5S/c1-3-17(20)22-10-11-23-18-14-7-5-4-6-13(14)15(21-9-8-19)12-16(18)24-2/h3-7,12,19H,1,8-11H2,2H3. The number of ether oxygens (including phenoxy) is 3. The third kappa shape index (κ3) is 4.43. The van der Waals surface area contributed by atoms with Crippen LogP contribution in [0.3, 0.4) is 0 Å². The molecule has 6 heteroatoms. The van der Waals surface area contributed by atoms with E-state index in [1.807, 2.05) is 36.6 Å². The maximum atomic E-state index is 11.1. The summed E-state index contributed by atoms with van der Waals surface area (Å²) in [6.07, 6.45) is 3.07. The van der Waals surface area contributed by atoms with Crippen LogP contribution in [0.15, 0.2) is 47.9 Å². The van der Waals surface area contributed by atoms with E-state index in [1.165, 1.54) is 11.8 Å². The van der Waals surface area contributed by atoms with Gasteiger partial charge < -0.3 is 19.3 Å². The number of carbonyl (C=O) groups excluding carboxylic acids is 1. The van der Waals surface area contributed by atoms with Crippen molar-refractivity contribution in [1.82, 2.24) is 0 Å². The number of hydrogen-bond acceptors (Lipinski definition) is 6. The van der Waals surface area contributed by atoms with Gasteiger partial charge in [0.05, 0.1) is 11.5 Å². The zero-order valence-corrected chi connectivity index (χ0v) is 14.3. The zero-order chi connectivity index (χ0) is 17.4. The van der Waals surface area contributed by atoms with E-state index in [-0.39, 0.29) is 26.4 Å². The largest absolute Gasteiger partial charge is 0.491 e. The Morgan fingerprint density at radius 3 is 2.62 bits per heavy atom. The summed E-state index contributed by atoms with van der Waals surface area (Å²) in [5.41, 5.74) is 0. The predicted octanol–water partition coefficient (Wildman–Crippen LogP) is 3.04. The molecule has 2 aromatic carbocycles. The number of fused-ring (bicyclic) bond motifs is 1. The van der Waals surface area contributed by atoms with E-state index < -0.39 is 5.97 Å². The van der Waals surface area contributed by atoms with E-state index >= 15 is 0 Å². The summed E-state index contributed by atoms with van der Waals surface area (Å²) < 4.78 is 16.4. The molecule has 0 saturated heterocycles. The molecule has 0 spiro atoms. The van der Waals surface area contributed by atoms with Gasteiger partial charge in [-0.1, -0.05) is 30.8 Å². The molecule has 0 saturated carbocycles. The Bertz CT molecular complexity index is 714. The molecule has 5 nitrogen and oxygen atoms in total. The van der Waals surface area contributed by atoms with E-state index in [2.05, 4.69) is 6.58 Å². The van der Waals surface area contributed by atoms with Gasteiger partial charge in [0.25, 0.3) is 0 Å². The van der Waals surface area contributed by atoms with Gasteiger partial charge in [0.2, 0.25) is 0 Å². The predicted molar refractivity (Wildman–Crippen MR) is 95.0 cm³/mol. The van der Waals surface area contributed by atoms with Gasteiger partial charge in [-0.2, -0.15) is 0 Å². The minimum Gasteiger partial charge on any atom is -0.491 e. The summed E-state index contributed by atoms with van der Waals surface area (Å²) in [4.78, 5) is 12.0. The maximum absolute atomic E-state index is 11.1. The highest BCUT2D eigenvalue weighted by molar-refractivity contribution is 7.98. The van der Waals surface area contributed by atoms with Crippen LogP contribution >= 0.6 is 11.8 Å². The Hall–Kier alpha value is -2.18. The van der Waals surface area contributed by atoms with Gasteiger partial charge in [-0.3, -0.25) is 0 Å². The molecule has 2 aromatic rings. The highest BCUT2D eigenvalue weighted by Crippen LogP contribution is 2.40. The summed E-state index contributed by atoms with van der Waals surface area (Å²) in [5, 5.41) is 10.8. The lowest BCUT2D eigenvalue weighted by Gasteiger charge is -2.16. The van der Waals surface area contributed by atoms with E-state index in [4.69, 9.17) is 19.3 Å². The molecule has 2 rings (SSSR count). The van der Waals surface area contributed by atoms with Crippen LogP contribution in [0.2, 0.25) is 0 Å². The highest BCUT2D eigenvalue weighted by atomic mass is 32.2. The van der Waals surface area contributed by atoms with Gasteiger partial charge >= 0.3 is 5.97 Å². The number of rotatable bonds is 9. The molecule has 0 aliphatic heterocycles. The zero-order valence-electron chi connectivity index (χ0n) is 13.5. The average Bonchev–Trinajstić information content (AvgIpc) is 2.63. The number of benzene rings is 2. The Morgan fingerprint density at radius 2 is 1.96 bits per heavy atom. The van der Waals surface area contributed by atoms with Gasteiger partial charge in [-0.05, 0) is 12.3 Å². The van der Waals surface area contributed by atoms with E-state index in [0.29, 0.717) is 5.75 Å². The Balaban J connectivity index is 2.27. The van der Waals surface area contributed by atoms with E-state index in [9.17, 15) is 4.79 Å². The number of esters is 1. The second-order valence-electron chi connectivity index (χ2n) is 4.74. The fraction of sp³-hybridized carbons (Fsp3) is 0.278. The van der Waals surface area contributed by atoms with Crippen LogP contribution in [0, 0.1) is 0 Å². The van der Waals surface area contributed by atoms with Gasteiger partial charge in [0.15, 0.2) is 0 Å². The summed E-state index contributed by atoms with van der Waals surface area (Å²) in [5.74, 6) is 0.958. The van der Waals surface area contributed by atoms with Crippen molar-refractivity contribution in [1.29, 1.82) is 0 Å². The van der Waals surface area contributed by atoms with Crippen LogP contribution in [0.4, 0.5) is 0 Å². The molecule has 0 atom stereocenters. The van der Waals surface area contributed by atoms with Crippen LogP contribution in [0.5, 0.6) is 11.5 Å². The van der Waals surface area contributed by atoms with Crippen LogP contribution in [0.25, 0.3) is 10.8 Å². The topological polar surface area (TPSA) is 65.0 Å². The van der Waals surface area contributed by atoms with Gasteiger partial charge in [0, 0.05) is 16.8 Å². The fourth-order valence-corrected chi connectivity index (χ4v) is 2.79. The van der Waals surface area contributed by atoms with Gasteiger partial charge in [-0.15, -0.1) is 11.8 Å². The van der Waals surface area contributed by atoms with E-state index in [0.717, 1.165) is 27.5 Å². The number of thioether (sulfide) groups is 1. The molecule has 0 aliphatic rings. The smallest absolute Gasteiger partial charge is 0.330 e. The monoisotopic (exact) mass is 348 g/mol. The Morgan fingerprint density at radius 1 is 1.21 bits per heavy atom. The molecule has 0 amide bonds. The first-order chi connectivity index (χ1) is 11.7. The molecule has 0 aliphatic carbocycles. The molecule has 0 fully saturated rings. The molecule has 0 unspecified atom stereocenters. The van der Waals surface area contributed by atoms with Crippen molar-refractivity contribution in [3.63, 3.8) is 0 Å². The number of aliphatic hydroxyl groups is 1. The quantitative estimate of drug-likeness (QED) is 0.325. The number of hydrogen-bond donors (Lipinski definition) is 1. The fourth-order valence-electron chi connectivity index (χ4n) is 2.21. The first kappa shape index (κ1) is 18.2. The van der Waals surface area contributed by atoms with Gasteiger partial charge in [-0.25, -0.2) is 4.79 Å². The molecular weight excluding hydrogens is 328 g/mol. The molecular formula is C18H20O5S.